The van der Waals surface area contributed by atoms with Crippen LogP contribution in [0.3, 0.4) is 0 Å². The molecule has 0 atom stereocenters. The predicted octanol–water partition coefficient (Wildman–Crippen LogP) is 8.11. The average Bonchev–Trinajstić information content (AvgIpc) is 3.55. The SMILES string of the molecule is Cc1ccc(C2(c3cccc4ccccc34)c3cc(B4OC(C)(C)C(C)(C)O4)ccc3-c3ccc(B4OC(C)(C)C(C)(C)O4)cc32)cc1. The summed E-state index contributed by atoms with van der Waals surface area (Å²) in [4.78, 5) is 0. The van der Waals surface area contributed by atoms with Crippen molar-refractivity contribution in [3.8, 4) is 11.1 Å². The minimum atomic E-state index is -0.640. The Balaban J connectivity index is 1.43. The second-order valence-electron chi connectivity index (χ2n) is 15.9. The van der Waals surface area contributed by atoms with Crippen LogP contribution in [0.15, 0.2) is 103 Å². The van der Waals surface area contributed by atoms with Gasteiger partial charge in [0.05, 0.1) is 27.8 Å². The van der Waals surface area contributed by atoms with Crippen LogP contribution < -0.4 is 10.9 Å². The van der Waals surface area contributed by atoms with Crippen molar-refractivity contribution >= 4 is 35.9 Å². The lowest BCUT2D eigenvalue weighted by Crippen LogP contribution is -2.41. The highest BCUT2D eigenvalue weighted by Gasteiger charge is 2.55. The quantitative estimate of drug-likeness (QED) is 0.184. The maximum absolute atomic E-state index is 6.62. The van der Waals surface area contributed by atoms with E-state index in [1.807, 2.05) is 0 Å². The molecule has 2 fully saturated rings. The minimum Gasteiger partial charge on any atom is -0.399 e. The Labute approximate surface area is 286 Å². The van der Waals surface area contributed by atoms with Crippen molar-refractivity contribution in [3.63, 3.8) is 0 Å². The average molecular weight is 634 g/mol. The van der Waals surface area contributed by atoms with Crippen LogP contribution >= 0.6 is 0 Å². The number of aryl methyl sites for hydroxylation is 1. The van der Waals surface area contributed by atoms with Gasteiger partial charge in [0, 0.05) is 0 Å². The first-order valence-corrected chi connectivity index (χ1v) is 17.2. The van der Waals surface area contributed by atoms with E-state index in [2.05, 4.69) is 165 Å². The Morgan fingerprint density at radius 2 is 0.917 bits per heavy atom. The molecule has 2 heterocycles. The Morgan fingerprint density at radius 1 is 0.458 bits per heavy atom. The van der Waals surface area contributed by atoms with E-state index < -0.39 is 42.1 Å². The first-order chi connectivity index (χ1) is 22.6. The van der Waals surface area contributed by atoms with Gasteiger partial charge < -0.3 is 18.6 Å². The highest BCUT2D eigenvalue weighted by atomic mass is 16.7. The molecule has 0 saturated carbocycles. The fraction of sp³-hybridized carbons (Fsp3) is 0.333. The number of rotatable bonds is 4. The Kier molecular flexibility index (Phi) is 6.86. The first kappa shape index (κ1) is 31.6. The number of hydrogen-bond donors (Lipinski definition) is 0. The molecule has 48 heavy (non-hydrogen) atoms. The van der Waals surface area contributed by atoms with Gasteiger partial charge in [-0.3, -0.25) is 0 Å². The van der Waals surface area contributed by atoms with E-state index in [-0.39, 0.29) is 0 Å². The molecule has 5 aromatic carbocycles. The van der Waals surface area contributed by atoms with Gasteiger partial charge >= 0.3 is 14.2 Å². The van der Waals surface area contributed by atoms with Gasteiger partial charge in [0.15, 0.2) is 0 Å². The lowest BCUT2D eigenvalue weighted by Gasteiger charge is -2.35. The van der Waals surface area contributed by atoms with Crippen LogP contribution in [-0.4, -0.2) is 36.6 Å². The van der Waals surface area contributed by atoms with Crippen LogP contribution in [0.2, 0.25) is 0 Å². The largest absolute Gasteiger partial charge is 0.494 e. The van der Waals surface area contributed by atoms with Crippen molar-refractivity contribution < 1.29 is 18.6 Å². The summed E-state index contributed by atoms with van der Waals surface area (Å²) in [5.74, 6) is 0. The summed E-state index contributed by atoms with van der Waals surface area (Å²) in [6.07, 6.45) is 0. The lowest BCUT2D eigenvalue weighted by atomic mass is 9.64. The van der Waals surface area contributed by atoms with Crippen LogP contribution in [0.25, 0.3) is 21.9 Å². The zero-order valence-electron chi connectivity index (χ0n) is 29.6. The molecule has 0 N–H and O–H groups in total. The molecule has 0 bridgehead atoms. The summed E-state index contributed by atoms with van der Waals surface area (Å²) in [7, 11) is -0.958. The summed E-state index contributed by atoms with van der Waals surface area (Å²) in [6, 6.07) is 38.1. The van der Waals surface area contributed by atoms with Gasteiger partial charge in [0.1, 0.15) is 0 Å². The molecule has 8 rings (SSSR count). The normalized spacial score (nSPS) is 21.0. The fourth-order valence-corrected chi connectivity index (χ4v) is 7.72. The standard InChI is InChI=1S/C42H44B2O4/c1-27-17-19-29(20-18-27)42(35-16-12-14-28-13-10-11-15-32(28)35)36-25-30(43-45-38(2,3)39(4,5)46-43)21-23-33(36)34-24-22-31(26-37(34)42)44-47-40(6,7)41(8,9)48-44/h10-26H,1-9H3. The van der Waals surface area contributed by atoms with Crippen LogP contribution in [0, 0.1) is 6.92 Å². The van der Waals surface area contributed by atoms with Gasteiger partial charge in [-0.05, 0) is 117 Å². The Hall–Kier alpha value is -3.67. The van der Waals surface area contributed by atoms with Gasteiger partial charge in [-0.15, -0.1) is 0 Å². The Bertz CT molecular complexity index is 1960. The zero-order valence-corrected chi connectivity index (χ0v) is 29.6. The molecule has 4 nitrogen and oxygen atoms in total. The molecule has 3 aliphatic rings. The highest BCUT2D eigenvalue weighted by Crippen LogP contribution is 2.57. The molecule has 0 amide bonds. The van der Waals surface area contributed by atoms with E-state index in [4.69, 9.17) is 18.6 Å². The van der Waals surface area contributed by atoms with Crippen LogP contribution in [-0.2, 0) is 24.0 Å². The van der Waals surface area contributed by atoms with Gasteiger partial charge in [-0.2, -0.15) is 0 Å². The maximum Gasteiger partial charge on any atom is 0.494 e. The van der Waals surface area contributed by atoms with Crippen molar-refractivity contribution in [2.24, 2.45) is 0 Å². The van der Waals surface area contributed by atoms with Crippen molar-refractivity contribution in [3.05, 3.63) is 131 Å². The summed E-state index contributed by atoms with van der Waals surface area (Å²) in [5, 5.41) is 2.43. The number of hydrogen-bond acceptors (Lipinski definition) is 4. The van der Waals surface area contributed by atoms with E-state index in [0.29, 0.717) is 0 Å². The summed E-state index contributed by atoms with van der Waals surface area (Å²) in [5.41, 5.74) is 8.14. The monoisotopic (exact) mass is 634 g/mol. The Morgan fingerprint density at radius 3 is 1.42 bits per heavy atom. The van der Waals surface area contributed by atoms with Gasteiger partial charge in [-0.1, -0.05) is 109 Å². The van der Waals surface area contributed by atoms with Gasteiger partial charge in [0.25, 0.3) is 0 Å². The van der Waals surface area contributed by atoms with Crippen LogP contribution in [0.1, 0.15) is 83.2 Å². The van der Waals surface area contributed by atoms with E-state index in [1.165, 1.54) is 49.7 Å². The third kappa shape index (κ3) is 4.46. The molecule has 0 radical (unpaired) electrons. The second kappa shape index (κ2) is 10.4. The molecule has 5 aromatic rings. The fourth-order valence-electron chi connectivity index (χ4n) is 7.72. The summed E-state index contributed by atoms with van der Waals surface area (Å²) in [6.45, 7) is 19.0. The zero-order chi connectivity index (χ0) is 33.9. The third-order valence-electron chi connectivity index (χ3n) is 11.9. The van der Waals surface area contributed by atoms with Crippen LogP contribution in [0.4, 0.5) is 0 Å². The predicted molar refractivity (Wildman–Crippen MR) is 197 cm³/mol. The molecule has 242 valence electrons. The van der Waals surface area contributed by atoms with Crippen LogP contribution in [0.5, 0.6) is 0 Å². The van der Waals surface area contributed by atoms with Crippen molar-refractivity contribution in [2.45, 2.75) is 90.1 Å². The van der Waals surface area contributed by atoms with E-state index in [9.17, 15) is 0 Å². The number of fused-ring (bicyclic) bond motifs is 4. The molecule has 0 aromatic heterocycles. The third-order valence-corrected chi connectivity index (χ3v) is 11.9. The molecule has 1 aliphatic carbocycles. The second-order valence-corrected chi connectivity index (χ2v) is 15.9. The lowest BCUT2D eigenvalue weighted by molar-refractivity contribution is 0.00578. The van der Waals surface area contributed by atoms with Crippen molar-refractivity contribution in [1.82, 2.24) is 0 Å². The molecule has 0 spiro atoms. The van der Waals surface area contributed by atoms with Gasteiger partial charge in [-0.25, -0.2) is 0 Å². The first-order valence-electron chi connectivity index (χ1n) is 17.2. The molecule has 2 aliphatic heterocycles. The highest BCUT2D eigenvalue weighted by molar-refractivity contribution is 6.62. The topological polar surface area (TPSA) is 36.9 Å². The molecule has 2 saturated heterocycles. The number of benzene rings is 5. The smallest absolute Gasteiger partial charge is 0.399 e. The summed E-state index contributed by atoms with van der Waals surface area (Å²) >= 11 is 0. The van der Waals surface area contributed by atoms with Gasteiger partial charge in [0.2, 0.25) is 0 Å². The molecule has 6 heteroatoms. The van der Waals surface area contributed by atoms with Crippen molar-refractivity contribution in [2.75, 3.05) is 0 Å². The summed E-state index contributed by atoms with van der Waals surface area (Å²) < 4.78 is 26.5. The van der Waals surface area contributed by atoms with E-state index in [0.717, 1.165) is 10.9 Å². The molecule has 0 unspecified atom stereocenters. The molecular weight excluding hydrogens is 590 g/mol. The molecular formula is C42H44B2O4. The van der Waals surface area contributed by atoms with E-state index in [1.54, 1.807) is 0 Å². The minimum absolute atomic E-state index is 0.443. The van der Waals surface area contributed by atoms with E-state index >= 15 is 0 Å². The maximum atomic E-state index is 6.62. The van der Waals surface area contributed by atoms with Crippen molar-refractivity contribution in [1.29, 1.82) is 0 Å².